The van der Waals surface area contributed by atoms with Gasteiger partial charge in [-0.05, 0) is 62.7 Å². The Morgan fingerprint density at radius 2 is 1.75 bits per heavy atom. The lowest BCUT2D eigenvalue weighted by Gasteiger charge is -2.56. The van der Waals surface area contributed by atoms with Crippen molar-refractivity contribution in [3.05, 3.63) is 5.69 Å². The first-order valence-electron chi connectivity index (χ1n) is 8.34. The zero-order valence-corrected chi connectivity index (χ0v) is 12.1. The number of rotatable bonds is 1. The number of hydrogen-bond donors (Lipinski definition) is 2. The third-order valence-corrected chi connectivity index (χ3v) is 6.39. The van der Waals surface area contributed by atoms with Crippen molar-refractivity contribution in [3.63, 3.8) is 0 Å². The van der Waals surface area contributed by atoms with Gasteiger partial charge in [-0.2, -0.15) is 0 Å². The van der Waals surface area contributed by atoms with Crippen LogP contribution >= 0.6 is 0 Å². The van der Waals surface area contributed by atoms with Crippen LogP contribution in [0.3, 0.4) is 0 Å². The summed E-state index contributed by atoms with van der Waals surface area (Å²) in [5, 5.41) is 3.43. The minimum Gasteiger partial charge on any atom is -0.383 e. The summed E-state index contributed by atoms with van der Waals surface area (Å²) in [6.45, 7) is 2.07. The van der Waals surface area contributed by atoms with Gasteiger partial charge in [0.1, 0.15) is 5.82 Å². The highest BCUT2D eigenvalue weighted by atomic mass is 15.3. The summed E-state index contributed by atoms with van der Waals surface area (Å²) in [5.41, 5.74) is 8.08. The second-order valence-corrected chi connectivity index (χ2v) is 7.80. The first-order valence-corrected chi connectivity index (χ1v) is 8.34. The van der Waals surface area contributed by atoms with Gasteiger partial charge < -0.3 is 11.1 Å². The van der Waals surface area contributed by atoms with E-state index in [-0.39, 0.29) is 0 Å². The highest BCUT2D eigenvalue weighted by molar-refractivity contribution is 5.52. The van der Waals surface area contributed by atoms with Crippen molar-refractivity contribution in [3.8, 4) is 0 Å². The zero-order chi connectivity index (χ0) is 13.3. The maximum atomic E-state index is 6.51. The average molecular weight is 272 g/mol. The van der Waals surface area contributed by atoms with E-state index < -0.39 is 0 Å². The number of imidazole rings is 1. The van der Waals surface area contributed by atoms with Crippen LogP contribution in [0.25, 0.3) is 0 Å². The Morgan fingerprint density at radius 1 is 1.10 bits per heavy atom. The minimum atomic E-state index is 0.324. The van der Waals surface area contributed by atoms with E-state index in [0.29, 0.717) is 5.41 Å². The molecule has 0 aromatic carbocycles. The number of anilines is 2. The summed E-state index contributed by atoms with van der Waals surface area (Å²) in [6, 6.07) is 0. The standard InChI is InChI=1S/C16H24N4/c17-14-13(19-15-18-2-1-3-20(14)15)16-7-10-4-11(8-16)6-12(5-10)9-16/h10-12H,1-9,17H2,(H,18,19). The van der Waals surface area contributed by atoms with E-state index in [0.717, 1.165) is 49.0 Å². The molecule has 0 amide bonds. The van der Waals surface area contributed by atoms with Gasteiger partial charge in [-0.15, -0.1) is 0 Å². The lowest BCUT2D eigenvalue weighted by Crippen LogP contribution is -2.49. The molecule has 5 aliphatic rings. The van der Waals surface area contributed by atoms with Crippen molar-refractivity contribution in [2.24, 2.45) is 17.8 Å². The van der Waals surface area contributed by atoms with Gasteiger partial charge >= 0.3 is 0 Å². The third kappa shape index (κ3) is 1.40. The Morgan fingerprint density at radius 3 is 2.35 bits per heavy atom. The van der Waals surface area contributed by atoms with Gasteiger partial charge in [-0.25, -0.2) is 4.98 Å². The summed E-state index contributed by atoms with van der Waals surface area (Å²) in [5.74, 6) is 4.85. The Hall–Kier alpha value is -1.19. The normalized spacial score (nSPS) is 41.5. The van der Waals surface area contributed by atoms with Gasteiger partial charge in [0.25, 0.3) is 0 Å². The van der Waals surface area contributed by atoms with Gasteiger partial charge in [0.05, 0.1) is 5.69 Å². The Balaban J connectivity index is 1.61. The highest BCUT2D eigenvalue weighted by Gasteiger charge is 2.53. The van der Waals surface area contributed by atoms with Crippen molar-refractivity contribution >= 4 is 11.8 Å². The number of nitrogens with one attached hydrogen (secondary N) is 1. The quantitative estimate of drug-likeness (QED) is 0.826. The summed E-state index contributed by atoms with van der Waals surface area (Å²) in [7, 11) is 0. The van der Waals surface area contributed by atoms with Crippen LogP contribution < -0.4 is 11.1 Å². The molecule has 4 nitrogen and oxygen atoms in total. The van der Waals surface area contributed by atoms with Crippen LogP contribution in [0.2, 0.25) is 0 Å². The van der Waals surface area contributed by atoms with Crippen LogP contribution in [-0.2, 0) is 12.0 Å². The monoisotopic (exact) mass is 272 g/mol. The van der Waals surface area contributed by atoms with E-state index in [1.165, 1.54) is 44.2 Å². The molecule has 0 saturated heterocycles. The molecule has 2 heterocycles. The fraction of sp³-hybridized carbons (Fsp3) is 0.812. The molecule has 4 fully saturated rings. The van der Waals surface area contributed by atoms with Gasteiger partial charge in [-0.1, -0.05) is 0 Å². The van der Waals surface area contributed by atoms with Gasteiger partial charge in [0.15, 0.2) is 0 Å². The molecule has 108 valence electrons. The predicted molar refractivity (Wildman–Crippen MR) is 79.6 cm³/mol. The highest BCUT2D eigenvalue weighted by Crippen LogP contribution is 2.61. The molecule has 6 rings (SSSR count). The molecule has 4 saturated carbocycles. The van der Waals surface area contributed by atoms with Crippen molar-refractivity contribution in [1.82, 2.24) is 9.55 Å². The third-order valence-electron chi connectivity index (χ3n) is 6.39. The van der Waals surface area contributed by atoms with Crippen molar-refractivity contribution < 1.29 is 0 Å². The zero-order valence-electron chi connectivity index (χ0n) is 12.1. The fourth-order valence-electron chi connectivity index (χ4n) is 6.06. The maximum Gasteiger partial charge on any atom is 0.204 e. The lowest BCUT2D eigenvalue weighted by molar-refractivity contribution is -0.00664. The molecule has 4 heteroatoms. The van der Waals surface area contributed by atoms with E-state index in [2.05, 4.69) is 9.88 Å². The molecule has 0 atom stereocenters. The molecule has 0 spiro atoms. The van der Waals surface area contributed by atoms with Gasteiger partial charge in [0, 0.05) is 18.5 Å². The van der Waals surface area contributed by atoms with E-state index >= 15 is 0 Å². The predicted octanol–water partition coefficient (Wildman–Crippen LogP) is 2.75. The minimum absolute atomic E-state index is 0.324. The Kier molecular flexibility index (Phi) is 2.13. The number of nitrogens with zero attached hydrogens (tertiary/aromatic N) is 2. The molecular formula is C16H24N4. The largest absolute Gasteiger partial charge is 0.383 e. The molecule has 1 aromatic rings. The second-order valence-electron chi connectivity index (χ2n) is 7.80. The first kappa shape index (κ1) is 11.5. The number of nitrogens with two attached hydrogens (primary N) is 1. The van der Waals surface area contributed by atoms with Crippen LogP contribution in [0.5, 0.6) is 0 Å². The molecule has 20 heavy (non-hydrogen) atoms. The van der Waals surface area contributed by atoms with E-state index in [1.54, 1.807) is 0 Å². The summed E-state index contributed by atoms with van der Waals surface area (Å²) < 4.78 is 2.22. The molecule has 4 bridgehead atoms. The van der Waals surface area contributed by atoms with Crippen molar-refractivity contribution in [2.75, 3.05) is 17.6 Å². The first-order chi connectivity index (χ1) is 9.73. The molecule has 1 aliphatic heterocycles. The molecule has 1 aromatic heterocycles. The van der Waals surface area contributed by atoms with Gasteiger partial charge in [0.2, 0.25) is 5.95 Å². The van der Waals surface area contributed by atoms with Crippen LogP contribution in [-0.4, -0.2) is 16.1 Å². The second kappa shape index (κ2) is 3.71. The number of fused-ring (bicyclic) bond motifs is 1. The summed E-state index contributed by atoms with van der Waals surface area (Å²) >= 11 is 0. The van der Waals surface area contributed by atoms with Crippen molar-refractivity contribution in [1.29, 1.82) is 0 Å². The summed E-state index contributed by atoms with van der Waals surface area (Å²) in [6.07, 6.45) is 9.63. The average Bonchev–Trinajstić information content (AvgIpc) is 2.76. The molecule has 3 N–H and O–H groups in total. The van der Waals surface area contributed by atoms with E-state index in [9.17, 15) is 0 Å². The van der Waals surface area contributed by atoms with Crippen LogP contribution in [0.1, 0.15) is 50.6 Å². The Labute approximate surface area is 120 Å². The number of nitrogen functional groups attached to an aromatic ring is 1. The van der Waals surface area contributed by atoms with E-state index in [4.69, 9.17) is 10.7 Å². The number of aromatic nitrogens is 2. The van der Waals surface area contributed by atoms with Crippen LogP contribution in [0.4, 0.5) is 11.8 Å². The molecule has 0 radical (unpaired) electrons. The molecule has 0 unspecified atom stereocenters. The van der Waals surface area contributed by atoms with Crippen LogP contribution in [0.15, 0.2) is 0 Å². The lowest BCUT2D eigenvalue weighted by atomic mass is 9.49. The molecular weight excluding hydrogens is 248 g/mol. The number of hydrogen-bond acceptors (Lipinski definition) is 3. The van der Waals surface area contributed by atoms with Gasteiger partial charge in [-0.3, -0.25) is 4.57 Å². The fourth-order valence-corrected chi connectivity index (χ4v) is 6.06. The SMILES string of the molecule is Nc1c(C23CC4CC(CC(C4)C2)C3)nc2n1CCCN2. The smallest absolute Gasteiger partial charge is 0.204 e. The molecule has 4 aliphatic carbocycles. The van der Waals surface area contributed by atoms with Crippen molar-refractivity contribution in [2.45, 2.75) is 56.9 Å². The maximum absolute atomic E-state index is 6.51. The topological polar surface area (TPSA) is 55.9 Å². The summed E-state index contributed by atoms with van der Waals surface area (Å²) in [4.78, 5) is 4.97. The van der Waals surface area contributed by atoms with E-state index in [1.807, 2.05) is 0 Å². The van der Waals surface area contributed by atoms with Crippen LogP contribution in [0, 0.1) is 17.8 Å². The Bertz CT molecular complexity index is 524.